The van der Waals surface area contributed by atoms with E-state index in [4.69, 9.17) is 9.47 Å². The fraction of sp³-hybridized carbons (Fsp3) is 0.300. The first kappa shape index (κ1) is 20.0. The molecule has 1 amide bonds. The van der Waals surface area contributed by atoms with Gasteiger partial charge in [0.15, 0.2) is 6.61 Å². The number of carbonyl (C=O) groups excluding carboxylic acids is 2. The Hall–Kier alpha value is -2.34. The number of nitrogens with one attached hydrogen (secondary N) is 1. The molecule has 5 nitrogen and oxygen atoms in total. The topological polar surface area (TPSA) is 64.6 Å². The van der Waals surface area contributed by atoms with E-state index in [2.05, 4.69) is 21.2 Å². The van der Waals surface area contributed by atoms with Crippen molar-refractivity contribution in [2.75, 3.05) is 6.61 Å². The molecule has 138 valence electrons. The van der Waals surface area contributed by atoms with Crippen molar-refractivity contribution in [3.8, 4) is 5.75 Å². The predicted molar refractivity (Wildman–Crippen MR) is 103 cm³/mol. The highest BCUT2D eigenvalue weighted by molar-refractivity contribution is 9.10. The highest BCUT2D eigenvalue weighted by Gasteiger charge is 2.13. The van der Waals surface area contributed by atoms with Gasteiger partial charge in [0.2, 0.25) is 0 Å². The number of amides is 1. The van der Waals surface area contributed by atoms with Gasteiger partial charge >= 0.3 is 5.97 Å². The van der Waals surface area contributed by atoms with Gasteiger partial charge in [-0.1, -0.05) is 28.1 Å². The average Bonchev–Trinajstić information content (AvgIpc) is 2.60. The first-order chi connectivity index (χ1) is 12.3. The van der Waals surface area contributed by atoms with E-state index >= 15 is 0 Å². The summed E-state index contributed by atoms with van der Waals surface area (Å²) in [7, 11) is 0. The summed E-state index contributed by atoms with van der Waals surface area (Å²) in [5, 5.41) is 2.80. The quantitative estimate of drug-likeness (QED) is 0.680. The lowest BCUT2D eigenvalue weighted by molar-refractivity contribution is -0.124. The van der Waals surface area contributed by atoms with Crippen LogP contribution in [0.3, 0.4) is 0 Å². The maximum absolute atomic E-state index is 12.0. The second-order valence-electron chi connectivity index (χ2n) is 6.11. The van der Waals surface area contributed by atoms with Gasteiger partial charge < -0.3 is 14.8 Å². The zero-order valence-corrected chi connectivity index (χ0v) is 16.6. The molecule has 0 saturated heterocycles. The Morgan fingerprint density at radius 1 is 1.00 bits per heavy atom. The van der Waals surface area contributed by atoms with Crippen LogP contribution >= 0.6 is 15.9 Å². The molecule has 0 heterocycles. The standard InChI is InChI=1S/C20H22BrNO4/c1-13(2)26-18-10-6-16(7-11-18)20(24)25-12-19(23)22-14(3)15-4-8-17(21)9-5-15/h4-11,13-14H,12H2,1-3H3,(H,22,23). The van der Waals surface area contributed by atoms with Crippen LogP contribution in [0.2, 0.25) is 0 Å². The molecule has 0 aliphatic heterocycles. The Morgan fingerprint density at radius 3 is 2.19 bits per heavy atom. The Kier molecular flexibility index (Phi) is 7.21. The lowest BCUT2D eigenvalue weighted by atomic mass is 10.1. The highest BCUT2D eigenvalue weighted by Crippen LogP contribution is 2.17. The normalized spacial score (nSPS) is 11.7. The van der Waals surface area contributed by atoms with Crippen LogP contribution in [0.4, 0.5) is 0 Å². The molecule has 0 aromatic heterocycles. The maximum Gasteiger partial charge on any atom is 0.338 e. The van der Waals surface area contributed by atoms with E-state index in [-0.39, 0.29) is 24.7 Å². The van der Waals surface area contributed by atoms with Crippen molar-refractivity contribution in [3.05, 3.63) is 64.1 Å². The Morgan fingerprint density at radius 2 is 1.62 bits per heavy atom. The molecule has 2 aromatic carbocycles. The number of hydrogen-bond donors (Lipinski definition) is 1. The molecule has 6 heteroatoms. The third-order valence-corrected chi connectivity index (χ3v) is 4.07. The minimum absolute atomic E-state index is 0.0595. The number of esters is 1. The molecule has 0 saturated carbocycles. The Balaban J connectivity index is 1.82. The van der Waals surface area contributed by atoms with Gasteiger partial charge in [-0.3, -0.25) is 4.79 Å². The number of rotatable bonds is 7. The molecule has 0 aliphatic rings. The fourth-order valence-electron chi connectivity index (χ4n) is 2.27. The molecular formula is C20H22BrNO4. The fourth-order valence-corrected chi connectivity index (χ4v) is 2.54. The van der Waals surface area contributed by atoms with E-state index in [1.807, 2.05) is 45.0 Å². The average molecular weight is 420 g/mol. The molecular weight excluding hydrogens is 398 g/mol. The van der Waals surface area contributed by atoms with E-state index in [1.165, 1.54) is 0 Å². The number of ether oxygens (including phenoxy) is 2. The van der Waals surface area contributed by atoms with E-state index in [0.717, 1.165) is 10.0 Å². The Bertz CT molecular complexity index is 741. The van der Waals surface area contributed by atoms with Crippen LogP contribution in [0.25, 0.3) is 0 Å². The first-order valence-electron chi connectivity index (χ1n) is 8.34. The van der Waals surface area contributed by atoms with Crippen LogP contribution in [0.5, 0.6) is 5.75 Å². The largest absolute Gasteiger partial charge is 0.491 e. The van der Waals surface area contributed by atoms with Crippen LogP contribution in [0.1, 0.15) is 42.7 Å². The van der Waals surface area contributed by atoms with Gasteiger partial charge in [0.1, 0.15) is 5.75 Å². The zero-order valence-electron chi connectivity index (χ0n) is 15.0. The first-order valence-corrected chi connectivity index (χ1v) is 9.13. The smallest absolute Gasteiger partial charge is 0.338 e. The summed E-state index contributed by atoms with van der Waals surface area (Å²) in [5.74, 6) is -0.223. The van der Waals surface area contributed by atoms with E-state index < -0.39 is 5.97 Å². The lowest BCUT2D eigenvalue weighted by Gasteiger charge is -2.14. The second kappa shape index (κ2) is 9.38. The van der Waals surface area contributed by atoms with Crippen molar-refractivity contribution in [1.82, 2.24) is 5.32 Å². The third kappa shape index (κ3) is 6.19. The van der Waals surface area contributed by atoms with Crippen molar-refractivity contribution in [1.29, 1.82) is 0 Å². The predicted octanol–water partition coefficient (Wildman–Crippen LogP) is 4.27. The summed E-state index contributed by atoms with van der Waals surface area (Å²) in [6, 6.07) is 14.1. The van der Waals surface area contributed by atoms with Crippen LogP contribution in [0.15, 0.2) is 53.0 Å². The SMILES string of the molecule is CC(C)Oc1ccc(C(=O)OCC(=O)NC(C)c2ccc(Br)cc2)cc1. The minimum Gasteiger partial charge on any atom is -0.491 e. The van der Waals surface area contributed by atoms with Gasteiger partial charge in [-0.05, 0) is 62.7 Å². The van der Waals surface area contributed by atoms with Crippen LogP contribution in [0, 0.1) is 0 Å². The molecule has 1 atom stereocenters. The van der Waals surface area contributed by atoms with E-state index in [9.17, 15) is 9.59 Å². The van der Waals surface area contributed by atoms with E-state index in [0.29, 0.717) is 11.3 Å². The van der Waals surface area contributed by atoms with Crippen molar-refractivity contribution in [3.63, 3.8) is 0 Å². The van der Waals surface area contributed by atoms with Crippen LogP contribution < -0.4 is 10.1 Å². The van der Waals surface area contributed by atoms with Gasteiger partial charge in [-0.2, -0.15) is 0 Å². The zero-order chi connectivity index (χ0) is 19.1. The highest BCUT2D eigenvalue weighted by atomic mass is 79.9. The molecule has 1 N–H and O–H groups in total. The van der Waals surface area contributed by atoms with Gasteiger partial charge in [-0.25, -0.2) is 4.79 Å². The van der Waals surface area contributed by atoms with Crippen molar-refractivity contribution in [2.24, 2.45) is 0 Å². The van der Waals surface area contributed by atoms with E-state index in [1.54, 1.807) is 24.3 Å². The van der Waals surface area contributed by atoms with Gasteiger partial charge in [-0.15, -0.1) is 0 Å². The Labute approximate surface area is 161 Å². The molecule has 0 radical (unpaired) electrons. The van der Waals surface area contributed by atoms with Crippen molar-refractivity contribution >= 4 is 27.8 Å². The summed E-state index contributed by atoms with van der Waals surface area (Å²) in [6.07, 6.45) is 0.0595. The molecule has 0 bridgehead atoms. The minimum atomic E-state index is -0.549. The number of carbonyl (C=O) groups is 2. The van der Waals surface area contributed by atoms with Crippen molar-refractivity contribution < 1.29 is 19.1 Å². The summed E-state index contributed by atoms with van der Waals surface area (Å²) < 4.78 is 11.6. The molecule has 26 heavy (non-hydrogen) atoms. The van der Waals surface area contributed by atoms with Crippen molar-refractivity contribution in [2.45, 2.75) is 32.9 Å². The van der Waals surface area contributed by atoms with Crippen LogP contribution in [-0.2, 0) is 9.53 Å². The summed E-state index contributed by atoms with van der Waals surface area (Å²) in [4.78, 5) is 24.0. The maximum atomic E-state index is 12.0. The molecule has 0 aliphatic carbocycles. The van der Waals surface area contributed by atoms with Gasteiger partial charge in [0.05, 0.1) is 17.7 Å². The molecule has 0 spiro atoms. The third-order valence-electron chi connectivity index (χ3n) is 3.54. The molecule has 2 aromatic rings. The summed E-state index contributed by atoms with van der Waals surface area (Å²) in [6.45, 7) is 5.40. The van der Waals surface area contributed by atoms with Crippen LogP contribution in [-0.4, -0.2) is 24.6 Å². The summed E-state index contributed by atoms with van der Waals surface area (Å²) >= 11 is 3.37. The number of benzene rings is 2. The van der Waals surface area contributed by atoms with Gasteiger partial charge in [0.25, 0.3) is 5.91 Å². The monoisotopic (exact) mass is 419 g/mol. The number of hydrogen-bond acceptors (Lipinski definition) is 4. The molecule has 1 unspecified atom stereocenters. The molecule has 0 fully saturated rings. The summed E-state index contributed by atoms with van der Waals surface area (Å²) in [5.41, 5.74) is 1.34. The molecule has 2 rings (SSSR count). The lowest BCUT2D eigenvalue weighted by Crippen LogP contribution is -2.31. The van der Waals surface area contributed by atoms with Gasteiger partial charge in [0, 0.05) is 4.47 Å². The second-order valence-corrected chi connectivity index (χ2v) is 7.02. The number of halogens is 1.